The van der Waals surface area contributed by atoms with Gasteiger partial charge in [-0.1, -0.05) is 11.6 Å². The Morgan fingerprint density at radius 3 is 2.56 bits per heavy atom. The van der Waals surface area contributed by atoms with Crippen molar-refractivity contribution in [3.63, 3.8) is 0 Å². The summed E-state index contributed by atoms with van der Waals surface area (Å²) in [7, 11) is 0. The number of aromatic nitrogens is 6. The van der Waals surface area contributed by atoms with Crippen molar-refractivity contribution in [1.29, 1.82) is 0 Å². The van der Waals surface area contributed by atoms with E-state index in [0.717, 1.165) is 35.9 Å². The highest BCUT2D eigenvalue weighted by atomic mass is 35.5. The molecule has 1 saturated heterocycles. The zero-order chi connectivity index (χ0) is 17.4. The lowest BCUT2D eigenvalue weighted by molar-refractivity contribution is 0.884. The normalized spacial score (nSPS) is 14.9. The van der Waals surface area contributed by atoms with Gasteiger partial charge < -0.3 is 4.90 Å². The second-order valence-electron chi connectivity index (χ2n) is 6.12. The van der Waals surface area contributed by atoms with Crippen LogP contribution in [0.5, 0.6) is 0 Å². The van der Waals surface area contributed by atoms with E-state index in [9.17, 15) is 0 Å². The smallest absolute Gasteiger partial charge is 0.177 e. The van der Waals surface area contributed by atoms with Gasteiger partial charge in [0.05, 0.1) is 11.4 Å². The van der Waals surface area contributed by atoms with E-state index in [1.54, 1.807) is 22.9 Å². The average Bonchev–Trinajstić information content (AvgIpc) is 3.26. The van der Waals surface area contributed by atoms with Crippen LogP contribution < -0.4 is 4.90 Å². The molecule has 3 aromatic heterocycles. The third-order valence-electron chi connectivity index (χ3n) is 4.24. The quantitative estimate of drug-likeness (QED) is 0.672. The summed E-state index contributed by atoms with van der Waals surface area (Å²) >= 11 is 6.16. The largest absolute Gasteiger partial charge is 0.356 e. The van der Waals surface area contributed by atoms with E-state index in [1.807, 2.05) is 19.9 Å². The SMILES string of the molecule is Cc1ncc(C)n2nc(/C=C/c3nc(Cl)cc(N4CCCC4)n3)nc12. The molecule has 7 nitrogen and oxygen atoms in total. The fourth-order valence-electron chi connectivity index (χ4n) is 2.94. The first-order chi connectivity index (χ1) is 12.1. The Hall–Kier alpha value is -2.54. The molecule has 128 valence electrons. The average molecular weight is 356 g/mol. The summed E-state index contributed by atoms with van der Waals surface area (Å²) in [5.74, 6) is 2.02. The second kappa shape index (κ2) is 6.40. The second-order valence-corrected chi connectivity index (χ2v) is 6.51. The van der Waals surface area contributed by atoms with Crippen molar-refractivity contribution < 1.29 is 0 Å². The zero-order valence-electron chi connectivity index (χ0n) is 14.1. The minimum absolute atomic E-state index is 0.440. The van der Waals surface area contributed by atoms with Gasteiger partial charge >= 0.3 is 0 Å². The molecule has 0 saturated carbocycles. The zero-order valence-corrected chi connectivity index (χ0v) is 14.9. The maximum atomic E-state index is 6.16. The Labute approximate surface area is 150 Å². The minimum Gasteiger partial charge on any atom is -0.356 e. The predicted octanol–water partition coefficient (Wildman–Crippen LogP) is 2.96. The molecule has 0 atom stereocenters. The molecule has 0 spiro atoms. The van der Waals surface area contributed by atoms with Gasteiger partial charge in [0.1, 0.15) is 11.0 Å². The molecule has 1 aliphatic heterocycles. The van der Waals surface area contributed by atoms with E-state index in [2.05, 4.69) is 29.9 Å². The molecular weight excluding hydrogens is 338 g/mol. The summed E-state index contributed by atoms with van der Waals surface area (Å²) in [6.07, 6.45) is 7.74. The third kappa shape index (κ3) is 3.19. The van der Waals surface area contributed by atoms with Crippen LogP contribution in [0, 0.1) is 13.8 Å². The molecule has 0 N–H and O–H groups in total. The number of rotatable bonds is 3. The number of aryl methyl sites for hydroxylation is 2. The molecule has 4 heterocycles. The van der Waals surface area contributed by atoms with E-state index in [0.29, 0.717) is 16.8 Å². The van der Waals surface area contributed by atoms with Crippen molar-refractivity contribution in [2.75, 3.05) is 18.0 Å². The summed E-state index contributed by atoms with van der Waals surface area (Å²) in [5.41, 5.74) is 2.53. The summed E-state index contributed by atoms with van der Waals surface area (Å²) < 4.78 is 1.79. The predicted molar refractivity (Wildman–Crippen MR) is 97.7 cm³/mol. The summed E-state index contributed by atoms with van der Waals surface area (Å²) in [6, 6.07) is 1.81. The van der Waals surface area contributed by atoms with Gasteiger partial charge in [0.15, 0.2) is 17.3 Å². The van der Waals surface area contributed by atoms with E-state index >= 15 is 0 Å². The van der Waals surface area contributed by atoms with Crippen LogP contribution in [0.2, 0.25) is 5.15 Å². The molecule has 0 aliphatic carbocycles. The molecule has 0 radical (unpaired) electrons. The molecule has 0 aromatic carbocycles. The van der Waals surface area contributed by atoms with Crippen molar-refractivity contribution in [3.05, 3.63) is 40.5 Å². The van der Waals surface area contributed by atoms with E-state index < -0.39 is 0 Å². The van der Waals surface area contributed by atoms with Crippen molar-refractivity contribution >= 4 is 35.2 Å². The first kappa shape index (κ1) is 16.0. The summed E-state index contributed by atoms with van der Waals surface area (Å²) in [4.78, 5) is 19.9. The number of hydrogen-bond donors (Lipinski definition) is 0. The van der Waals surface area contributed by atoms with Crippen LogP contribution in [0.15, 0.2) is 12.3 Å². The lowest BCUT2D eigenvalue weighted by Gasteiger charge is -2.16. The van der Waals surface area contributed by atoms with Gasteiger partial charge in [0, 0.05) is 25.4 Å². The Morgan fingerprint density at radius 2 is 1.80 bits per heavy atom. The first-order valence-corrected chi connectivity index (χ1v) is 8.64. The Bertz CT molecular complexity index is 918. The van der Waals surface area contributed by atoms with Gasteiger partial charge in [-0.05, 0) is 38.8 Å². The number of fused-ring (bicyclic) bond motifs is 1. The van der Waals surface area contributed by atoms with Crippen LogP contribution in [0.1, 0.15) is 35.9 Å². The molecule has 1 aliphatic rings. The monoisotopic (exact) mass is 355 g/mol. The Balaban J connectivity index is 1.65. The third-order valence-corrected chi connectivity index (χ3v) is 4.43. The Morgan fingerprint density at radius 1 is 1.04 bits per heavy atom. The van der Waals surface area contributed by atoms with Gasteiger partial charge in [-0.2, -0.15) is 0 Å². The lowest BCUT2D eigenvalue weighted by Crippen LogP contribution is -2.19. The summed E-state index contributed by atoms with van der Waals surface area (Å²) in [6.45, 7) is 5.88. The molecule has 0 amide bonds. The van der Waals surface area contributed by atoms with E-state index in [4.69, 9.17) is 11.6 Å². The highest BCUT2D eigenvalue weighted by Crippen LogP contribution is 2.21. The van der Waals surface area contributed by atoms with Gasteiger partial charge in [-0.3, -0.25) is 4.98 Å². The van der Waals surface area contributed by atoms with Crippen LogP contribution >= 0.6 is 11.6 Å². The number of anilines is 1. The number of nitrogens with zero attached hydrogens (tertiary/aromatic N) is 7. The minimum atomic E-state index is 0.440. The molecule has 8 heteroatoms. The standard InChI is InChI=1S/C17H18ClN7/c1-11-10-19-12(2)17-22-15(23-25(11)17)6-5-14-20-13(18)9-16(21-14)24-7-3-4-8-24/h5-6,9-10H,3-4,7-8H2,1-2H3/b6-5+. The summed E-state index contributed by atoms with van der Waals surface area (Å²) in [5, 5.41) is 4.93. The molecule has 1 fully saturated rings. The molecule has 0 bridgehead atoms. The fraction of sp³-hybridized carbons (Fsp3) is 0.353. The first-order valence-electron chi connectivity index (χ1n) is 8.27. The molecular formula is C17H18ClN7. The topological polar surface area (TPSA) is 72.1 Å². The van der Waals surface area contributed by atoms with Gasteiger partial charge in [0.2, 0.25) is 0 Å². The molecule has 25 heavy (non-hydrogen) atoms. The van der Waals surface area contributed by atoms with Gasteiger partial charge in [-0.25, -0.2) is 19.5 Å². The van der Waals surface area contributed by atoms with Gasteiger partial charge in [0.25, 0.3) is 0 Å². The highest BCUT2D eigenvalue weighted by molar-refractivity contribution is 6.29. The lowest BCUT2D eigenvalue weighted by atomic mass is 10.4. The van der Waals surface area contributed by atoms with Crippen molar-refractivity contribution in [2.45, 2.75) is 26.7 Å². The van der Waals surface area contributed by atoms with Crippen LogP contribution in [0.25, 0.3) is 17.8 Å². The fourth-order valence-corrected chi connectivity index (χ4v) is 3.12. The van der Waals surface area contributed by atoms with Gasteiger partial charge in [-0.15, -0.1) is 5.10 Å². The van der Waals surface area contributed by atoms with E-state index in [1.165, 1.54) is 12.8 Å². The van der Waals surface area contributed by atoms with Crippen LogP contribution in [-0.2, 0) is 0 Å². The van der Waals surface area contributed by atoms with Crippen molar-refractivity contribution in [1.82, 2.24) is 29.5 Å². The van der Waals surface area contributed by atoms with E-state index in [-0.39, 0.29) is 0 Å². The maximum absolute atomic E-state index is 6.16. The van der Waals surface area contributed by atoms with Crippen LogP contribution in [0.4, 0.5) is 5.82 Å². The van der Waals surface area contributed by atoms with Crippen LogP contribution in [-0.4, -0.2) is 42.6 Å². The molecule has 0 unspecified atom stereocenters. The van der Waals surface area contributed by atoms with Crippen LogP contribution in [0.3, 0.4) is 0 Å². The molecule has 4 rings (SSSR count). The Kier molecular flexibility index (Phi) is 4.09. The highest BCUT2D eigenvalue weighted by Gasteiger charge is 2.15. The number of hydrogen-bond acceptors (Lipinski definition) is 6. The maximum Gasteiger partial charge on any atom is 0.177 e. The van der Waals surface area contributed by atoms with Crippen molar-refractivity contribution in [3.8, 4) is 0 Å². The molecule has 3 aromatic rings. The number of halogens is 1. The van der Waals surface area contributed by atoms with Crippen molar-refractivity contribution in [2.24, 2.45) is 0 Å².